The smallest absolute Gasteiger partial charge is 0.406 e. The van der Waals surface area contributed by atoms with Gasteiger partial charge in [-0.2, -0.15) is 0 Å². The molecule has 2 rings (SSSR count). The van der Waals surface area contributed by atoms with Gasteiger partial charge < -0.3 is 10.5 Å². The van der Waals surface area contributed by atoms with Gasteiger partial charge in [-0.05, 0) is 24.6 Å². The van der Waals surface area contributed by atoms with E-state index >= 15 is 0 Å². The van der Waals surface area contributed by atoms with E-state index in [4.69, 9.17) is 5.73 Å². The molecule has 102 valence electrons. The molecule has 0 saturated carbocycles. The van der Waals surface area contributed by atoms with Crippen LogP contribution in [0, 0.1) is 6.92 Å². The highest BCUT2D eigenvalue weighted by Gasteiger charge is 2.31. The summed E-state index contributed by atoms with van der Waals surface area (Å²) in [5, 5.41) is 2.64. The summed E-state index contributed by atoms with van der Waals surface area (Å²) in [4.78, 5) is 4.22. The summed E-state index contributed by atoms with van der Waals surface area (Å²) < 4.78 is 40.3. The van der Waals surface area contributed by atoms with Crippen LogP contribution in [0.5, 0.6) is 5.75 Å². The van der Waals surface area contributed by atoms with Crippen molar-refractivity contribution in [3.8, 4) is 5.75 Å². The van der Waals surface area contributed by atoms with Gasteiger partial charge in [0.25, 0.3) is 0 Å². The first kappa shape index (κ1) is 13.8. The molecule has 0 spiro atoms. The Balaban J connectivity index is 2.23. The first-order valence-electron chi connectivity index (χ1n) is 5.38. The van der Waals surface area contributed by atoms with E-state index in [9.17, 15) is 13.2 Å². The highest BCUT2D eigenvalue weighted by molar-refractivity contribution is 7.09. The van der Waals surface area contributed by atoms with Crippen LogP contribution in [-0.4, -0.2) is 11.3 Å². The van der Waals surface area contributed by atoms with Crippen molar-refractivity contribution in [3.63, 3.8) is 0 Å². The summed E-state index contributed by atoms with van der Waals surface area (Å²) in [5.74, 6) is -0.285. The number of alkyl halides is 3. The van der Waals surface area contributed by atoms with E-state index in [0.717, 1.165) is 5.01 Å². The molecule has 19 heavy (non-hydrogen) atoms. The van der Waals surface area contributed by atoms with Gasteiger partial charge in [0.15, 0.2) is 0 Å². The summed E-state index contributed by atoms with van der Waals surface area (Å²) in [6.07, 6.45) is -4.71. The number of rotatable bonds is 3. The quantitative estimate of drug-likeness (QED) is 0.941. The van der Waals surface area contributed by atoms with Gasteiger partial charge in [0.1, 0.15) is 5.75 Å². The van der Waals surface area contributed by atoms with Crippen molar-refractivity contribution in [2.75, 3.05) is 0 Å². The number of hydrogen-bond donors (Lipinski definition) is 1. The van der Waals surface area contributed by atoms with Gasteiger partial charge in [-0.1, -0.05) is 12.1 Å². The molecule has 2 N–H and O–H groups in total. The number of thiazole rings is 1. The molecule has 0 bridgehead atoms. The average molecular weight is 288 g/mol. The van der Waals surface area contributed by atoms with Crippen LogP contribution in [0.25, 0.3) is 0 Å². The molecule has 1 unspecified atom stereocenters. The summed E-state index contributed by atoms with van der Waals surface area (Å²) in [7, 11) is 0. The number of nitrogens with zero attached hydrogens (tertiary/aromatic N) is 1. The predicted molar refractivity (Wildman–Crippen MR) is 66.0 cm³/mol. The number of halogens is 3. The van der Waals surface area contributed by atoms with Crippen LogP contribution in [-0.2, 0) is 0 Å². The molecule has 1 aromatic heterocycles. The first-order chi connectivity index (χ1) is 8.85. The Labute approximate surface area is 111 Å². The number of nitrogens with two attached hydrogens (primary N) is 1. The molecule has 7 heteroatoms. The molecule has 1 atom stereocenters. The number of benzene rings is 1. The van der Waals surface area contributed by atoms with Crippen LogP contribution in [0.2, 0.25) is 0 Å². The summed E-state index contributed by atoms with van der Waals surface area (Å²) >= 11 is 1.44. The van der Waals surface area contributed by atoms with Gasteiger partial charge in [-0.15, -0.1) is 24.5 Å². The van der Waals surface area contributed by atoms with Crippen molar-refractivity contribution in [1.82, 2.24) is 4.98 Å². The zero-order chi connectivity index (χ0) is 14.0. The second kappa shape index (κ2) is 5.18. The van der Waals surface area contributed by atoms with Crippen molar-refractivity contribution in [2.45, 2.75) is 19.3 Å². The lowest BCUT2D eigenvalue weighted by atomic mass is 10.1. The summed E-state index contributed by atoms with van der Waals surface area (Å²) in [6, 6.07) is 5.04. The number of hydrogen-bond acceptors (Lipinski definition) is 4. The van der Waals surface area contributed by atoms with Crippen LogP contribution in [0.3, 0.4) is 0 Å². The van der Waals surface area contributed by atoms with Crippen molar-refractivity contribution in [2.24, 2.45) is 5.73 Å². The molecule has 0 aliphatic heterocycles. The van der Waals surface area contributed by atoms with Crippen LogP contribution >= 0.6 is 11.3 Å². The Morgan fingerprint density at radius 1 is 1.37 bits per heavy atom. The van der Waals surface area contributed by atoms with E-state index in [0.29, 0.717) is 11.3 Å². The van der Waals surface area contributed by atoms with E-state index in [1.54, 1.807) is 11.4 Å². The first-order valence-corrected chi connectivity index (χ1v) is 6.26. The molecule has 0 aliphatic carbocycles. The van der Waals surface area contributed by atoms with Gasteiger partial charge >= 0.3 is 6.36 Å². The summed E-state index contributed by atoms with van der Waals surface area (Å²) in [6.45, 7) is 1.84. The third kappa shape index (κ3) is 3.68. The molecule has 1 aromatic carbocycles. The Morgan fingerprint density at radius 3 is 2.68 bits per heavy atom. The number of aryl methyl sites for hydroxylation is 1. The van der Waals surface area contributed by atoms with Crippen molar-refractivity contribution >= 4 is 11.3 Å². The highest BCUT2D eigenvalue weighted by Crippen LogP contribution is 2.27. The van der Waals surface area contributed by atoms with Crippen LogP contribution in [0.15, 0.2) is 29.6 Å². The van der Waals surface area contributed by atoms with Gasteiger partial charge in [0.2, 0.25) is 0 Å². The van der Waals surface area contributed by atoms with Gasteiger partial charge in [-0.3, -0.25) is 0 Å². The topological polar surface area (TPSA) is 48.1 Å². The molecular weight excluding hydrogens is 277 g/mol. The second-order valence-corrected chi connectivity index (χ2v) is 4.95. The molecule has 0 fully saturated rings. The maximum Gasteiger partial charge on any atom is 0.573 e. The molecule has 0 aliphatic rings. The molecule has 0 saturated heterocycles. The normalized spacial score (nSPS) is 13.3. The average Bonchev–Trinajstić information content (AvgIpc) is 2.73. The number of aromatic nitrogens is 1. The number of ether oxygens (including phenoxy) is 1. The predicted octanol–water partition coefficient (Wildman–Crippen LogP) is 3.40. The molecule has 0 radical (unpaired) electrons. The van der Waals surface area contributed by atoms with Crippen LogP contribution in [0.1, 0.15) is 22.3 Å². The SMILES string of the molecule is Cc1nc(C(N)c2cccc(OC(F)(F)F)c2)cs1. The van der Waals surface area contributed by atoms with Gasteiger partial charge in [0.05, 0.1) is 16.7 Å². The van der Waals surface area contributed by atoms with E-state index in [1.807, 2.05) is 6.92 Å². The lowest BCUT2D eigenvalue weighted by Crippen LogP contribution is -2.18. The molecular formula is C12H11F3N2OS. The highest BCUT2D eigenvalue weighted by atomic mass is 32.1. The van der Waals surface area contributed by atoms with Gasteiger partial charge in [0, 0.05) is 5.38 Å². The molecule has 3 nitrogen and oxygen atoms in total. The standard InChI is InChI=1S/C12H11F3N2OS/c1-7-17-10(6-19-7)11(16)8-3-2-4-9(5-8)18-12(13,14)15/h2-6,11H,16H2,1H3. The fraction of sp³-hybridized carbons (Fsp3) is 0.250. The maximum absolute atomic E-state index is 12.1. The van der Waals surface area contributed by atoms with E-state index in [1.165, 1.54) is 29.5 Å². The lowest BCUT2D eigenvalue weighted by molar-refractivity contribution is -0.274. The van der Waals surface area contributed by atoms with Crippen molar-refractivity contribution < 1.29 is 17.9 Å². The molecule has 2 aromatic rings. The monoisotopic (exact) mass is 288 g/mol. The van der Waals surface area contributed by atoms with Crippen molar-refractivity contribution in [1.29, 1.82) is 0 Å². The zero-order valence-corrected chi connectivity index (χ0v) is 10.8. The minimum atomic E-state index is -4.71. The van der Waals surface area contributed by atoms with E-state index < -0.39 is 12.4 Å². The third-order valence-electron chi connectivity index (χ3n) is 2.41. The minimum Gasteiger partial charge on any atom is -0.406 e. The second-order valence-electron chi connectivity index (χ2n) is 3.89. The Kier molecular flexibility index (Phi) is 3.77. The Morgan fingerprint density at radius 2 is 2.11 bits per heavy atom. The Hall–Kier alpha value is -1.60. The Bertz CT molecular complexity index is 568. The van der Waals surface area contributed by atoms with Crippen LogP contribution in [0.4, 0.5) is 13.2 Å². The maximum atomic E-state index is 12.1. The van der Waals surface area contributed by atoms with Gasteiger partial charge in [-0.25, -0.2) is 4.98 Å². The molecule has 1 heterocycles. The van der Waals surface area contributed by atoms with Crippen molar-refractivity contribution in [3.05, 3.63) is 45.9 Å². The third-order valence-corrected chi connectivity index (χ3v) is 3.20. The minimum absolute atomic E-state index is 0.285. The van der Waals surface area contributed by atoms with Crippen LogP contribution < -0.4 is 10.5 Å². The summed E-state index contributed by atoms with van der Waals surface area (Å²) in [5.41, 5.74) is 7.12. The van der Waals surface area contributed by atoms with E-state index in [2.05, 4.69) is 9.72 Å². The zero-order valence-electron chi connectivity index (χ0n) is 9.94. The van der Waals surface area contributed by atoms with E-state index in [-0.39, 0.29) is 5.75 Å². The fourth-order valence-corrected chi connectivity index (χ4v) is 2.25. The molecule has 0 amide bonds. The largest absolute Gasteiger partial charge is 0.573 e. The fourth-order valence-electron chi connectivity index (χ4n) is 1.60. The lowest BCUT2D eigenvalue weighted by Gasteiger charge is -2.13.